The number of cyclic esters (lactones) is 1. The van der Waals surface area contributed by atoms with E-state index < -0.39 is 82.4 Å². The number of Topliss-reactive ketones (excluding diaryl/α,β-unsaturated/α-hetero) is 1. The van der Waals surface area contributed by atoms with Crippen LogP contribution in [0.1, 0.15) is 66.2 Å². The molecule has 0 amide bonds. The molecular formula is C29H42O10. The van der Waals surface area contributed by atoms with Crippen LogP contribution in [0.5, 0.6) is 0 Å². The van der Waals surface area contributed by atoms with E-state index in [4.69, 9.17) is 14.2 Å². The van der Waals surface area contributed by atoms with Crippen LogP contribution >= 0.6 is 0 Å². The van der Waals surface area contributed by atoms with Crippen LogP contribution in [0.25, 0.3) is 0 Å². The number of hydrogen-bond donors (Lipinski definition) is 5. The van der Waals surface area contributed by atoms with Crippen LogP contribution in [0.4, 0.5) is 0 Å². The maximum atomic E-state index is 13.7. The summed E-state index contributed by atoms with van der Waals surface area (Å²) in [6, 6.07) is 0. The molecule has 10 heteroatoms. The molecule has 0 radical (unpaired) electrons. The van der Waals surface area contributed by atoms with Crippen molar-refractivity contribution in [2.24, 2.45) is 34.5 Å². The number of carbonyl (C=O) groups excluding carboxylic acids is 2. The van der Waals surface area contributed by atoms with E-state index >= 15 is 0 Å². The quantitative estimate of drug-likeness (QED) is 0.315. The Morgan fingerprint density at radius 2 is 1.77 bits per heavy atom. The molecule has 0 spiro atoms. The molecule has 6 rings (SSSR count). The topological polar surface area (TPSA) is 163 Å². The van der Waals surface area contributed by atoms with E-state index in [1.54, 1.807) is 6.92 Å². The summed E-state index contributed by atoms with van der Waals surface area (Å²) in [5, 5.41) is 57.7. The van der Waals surface area contributed by atoms with Gasteiger partial charge in [0.15, 0.2) is 11.9 Å². The van der Waals surface area contributed by atoms with Gasteiger partial charge < -0.3 is 39.7 Å². The molecular weight excluding hydrogens is 508 g/mol. The molecule has 5 fully saturated rings. The third-order valence-electron chi connectivity index (χ3n) is 12.8. The van der Waals surface area contributed by atoms with E-state index in [1.165, 1.54) is 7.11 Å². The summed E-state index contributed by atoms with van der Waals surface area (Å²) >= 11 is 0. The lowest BCUT2D eigenvalue weighted by Crippen LogP contribution is -2.81. The van der Waals surface area contributed by atoms with Gasteiger partial charge >= 0.3 is 5.97 Å². The van der Waals surface area contributed by atoms with Gasteiger partial charge in [0.1, 0.15) is 17.5 Å². The van der Waals surface area contributed by atoms with Crippen molar-refractivity contribution in [2.45, 2.75) is 108 Å². The Morgan fingerprint density at radius 1 is 1.08 bits per heavy atom. The van der Waals surface area contributed by atoms with Crippen LogP contribution in [0.15, 0.2) is 11.1 Å². The minimum atomic E-state index is -2.23. The number of fused-ring (bicyclic) bond motifs is 4. The van der Waals surface area contributed by atoms with E-state index in [2.05, 4.69) is 0 Å². The van der Waals surface area contributed by atoms with Gasteiger partial charge in [-0.15, -0.1) is 0 Å². The molecule has 2 heterocycles. The van der Waals surface area contributed by atoms with E-state index in [-0.39, 0.29) is 37.5 Å². The maximum absolute atomic E-state index is 13.7. The highest BCUT2D eigenvalue weighted by Crippen LogP contribution is 2.75. The third-order valence-corrected chi connectivity index (χ3v) is 12.8. The lowest BCUT2D eigenvalue weighted by Gasteiger charge is -2.71. The molecule has 39 heavy (non-hydrogen) atoms. The van der Waals surface area contributed by atoms with Gasteiger partial charge in [-0.3, -0.25) is 4.79 Å². The first-order chi connectivity index (χ1) is 18.2. The molecule has 0 unspecified atom stereocenters. The summed E-state index contributed by atoms with van der Waals surface area (Å²) in [4.78, 5) is 26.2. The second-order valence-electron chi connectivity index (χ2n) is 13.4. The summed E-state index contributed by atoms with van der Waals surface area (Å²) in [5.41, 5.74) is -5.08. The van der Waals surface area contributed by atoms with Gasteiger partial charge in [-0.05, 0) is 62.9 Å². The molecule has 6 aliphatic rings. The first kappa shape index (κ1) is 27.8. The van der Waals surface area contributed by atoms with Gasteiger partial charge in [0.05, 0.1) is 35.2 Å². The molecule has 0 aromatic rings. The Balaban J connectivity index is 1.52. The first-order valence-corrected chi connectivity index (χ1v) is 14.3. The standard InChI is InChI=1S/C29H42O10/c1-13-14(2)24(34)38-22(13)23-15(3)27(35)9-8-17-16-10-21(33)29(36)20(32)7-6-19(31)26(29,12-30)18(16)11-28(37-5,39-23)25(17,27)4/h15-18,20-23,30,32-33,35-36H,6-12H2,1-5H3/t15-,16+,17+,18+,20+,21-,22+,23+,25+,26+,27-,28+,29+/m1/s1. The number of methoxy groups -OCH3 is 1. The Kier molecular flexibility index (Phi) is 5.93. The molecule has 0 aromatic heterocycles. The summed E-state index contributed by atoms with van der Waals surface area (Å²) in [7, 11) is 1.50. The number of aliphatic hydroxyl groups is 5. The van der Waals surface area contributed by atoms with Crippen LogP contribution in [-0.2, 0) is 23.8 Å². The second kappa shape index (κ2) is 8.33. The van der Waals surface area contributed by atoms with E-state index in [1.807, 2.05) is 20.8 Å². The first-order valence-electron chi connectivity index (χ1n) is 14.3. The van der Waals surface area contributed by atoms with Crippen molar-refractivity contribution >= 4 is 11.8 Å². The van der Waals surface area contributed by atoms with Crippen molar-refractivity contribution in [2.75, 3.05) is 13.7 Å². The normalized spacial score (nSPS) is 56.7. The number of carbonyl (C=O) groups is 2. The number of ketones is 1. The van der Waals surface area contributed by atoms with Crippen molar-refractivity contribution in [1.29, 1.82) is 0 Å². The van der Waals surface area contributed by atoms with Crippen LogP contribution in [-0.4, -0.2) is 92.4 Å². The zero-order valence-electron chi connectivity index (χ0n) is 23.3. The number of hydrogen-bond acceptors (Lipinski definition) is 10. The van der Waals surface area contributed by atoms with Crippen LogP contribution in [0.2, 0.25) is 0 Å². The highest BCUT2D eigenvalue weighted by atomic mass is 16.7. The van der Waals surface area contributed by atoms with Crippen molar-refractivity contribution in [3.05, 3.63) is 11.1 Å². The Labute approximate surface area is 228 Å². The fraction of sp³-hybridized carbons (Fsp3) is 0.862. The molecule has 2 aliphatic heterocycles. The average molecular weight is 551 g/mol. The van der Waals surface area contributed by atoms with E-state index in [0.717, 1.165) is 5.57 Å². The molecule has 218 valence electrons. The Morgan fingerprint density at radius 3 is 2.36 bits per heavy atom. The van der Waals surface area contributed by atoms with Crippen LogP contribution in [0, 0.1) is 34.5 Å². The predicted molar refractivity (Wildman–Crippen MR) is 135 cm³/mol. The SMILES string of the molecule is CO[C@@]12C[C@H]3[C@@H](C[C@@H](O)[C@@]4(O)[C@@H](O)CCC(=O)[C@]34CO)[C@@H]3CC[C@@](O)([C@H](C)[C@@H]([C@H]4OC(=O)C(C)=C4C)O1)[C@]32C. The predicted octanol–water partition coefficient (Wildman–Crippen LogP) is 0.608. The monoisotopic (exact) mass is 550 g/mol. The summed E-state index contributed by atoms with van der Waals surface area (Å²) in [6.07, 6.45) is -3.20. The Bertz CT molecular complexity index is 1140. The van der Waals surface area contributed by atoms with Crippen molar-refractivity contribution in [1.82, 2.24) is 0 Å². The molecule has 5 N–H and O–H groups in total. The molecule has 0 bridgehead atoms. The summed E-state index contributed by atoms with van der Waals surface area (Å²) in [5.74, 6) is -4.04. The van der Waals surface area contributed by atoms with Gasteiger partial charge in [-0.2, -0.15) is 0 Å². The van der Waals surface area contributed by atoms with Crippen LogP contribution < -0.4 is 0 Å². The van der Waals surface area contributed by atoms with Gasteiger partial charge in [0.25, 0.3) is 0 Å². The molecule has 4 aliphatic carbocycles. The van der Waals surface area contributed by atoms with E-state index in [9.17, 15) is 35.1 Å². The highest BCUT2D eigenvalue weighted by molar-refractivity contribution is 5.91. The minimum absolute atomic E-state index is 0.00402. The number of esters is 1. The van der Waals surface area contributed by atoms with Gasteiger partial charge in [-0.1, -0.05) is 13.8 Å². The lowest BCUT2D eigenvalue weighted by atomic mass is 9.39. The Hall–Kier alpha value is -1.40. The number of ether oxygens (including phenoxy) is 3. The highest BCUT2D eigenvalue weighted by Gasteiger charge is 2.82. The molecule has 4 saturated carbocycles. The smallest absolute Gasteiger partial charge is 0.334 e. The second-order valence-corrected chi connectivity index (χ2v) is 13.4. The van der Waals surface area contributed by atoms with Gasteiger partial charge in [-0.25, -0.2) is 4.79 Å². The zero-order valence-corrected chi connectivity index (χ0v) is 23.3. The zero-order chi connectivity index (χ0) is 28.5. The summed E-state index contributed by atoms with van der Waals surface area (Å²) in [6.45, 7) is 6.63. The van der Waals surface area contributed by atoms with Crippen LogP contribution in [0.3, 0.4) is 0 Å². The largest absolute Gasteiger partial charge is 0.452 e. The maximum Gasteiger partial charge on any atom is 0.334 e. The fourth-order valence-electron chi connectivity index (χ4n) is 10.4. The lowest BCUT2D eigenvalue weighted by molar-refractivity contribution is -0.428. The van der Waals surface area contributed by atoms with Crippen molar-refractivity contribution in [3.63, 3.8) is 0 Å². The average Bonchev–Trinajstić information content (AvgIpc) is 3.34. The number of aliphatic hydroxyl groups excluding tert-OH is 3. The molecule has 10 nitrogen and oxygen atoms in total. The fourth-order valence-corrected chi connectivity index (χ4v) is 10.4. The van der Waals surface area contributed by atoms with Crippen molar-refractivity contribution < 1.29 is 49.3 Å². The minimum Gasteiger partial charge on any atom is -0.452 e. The summed E-state index contributed by atoms with van der Waals surface area (Å²) < 4.78 is 18.9. The van der Waals surface area contributed by atoms with E-state index in [0.29, 0.717) is 18.4 Å². The third kappa shape index (κ3) is 2.82. The number of rotatable bonds is 3. The molecule has 0 aromatic carbocycles. The molecule has 13 atom stereocenters. The van der Waals surface area contributed by atoms with Gasteiger partial charge in [0.2, 0.25) is 0 Å². The van der Waals surface area contributed by atoms with Crippen molar-refractivity contribution in [3.8, 4) is 0 Å². The molecule has 1 saturated heterocycles. The van der Waals surface area contributed by atoms with Gasteiger partial charge in [0, 0.05) is 31.4 Å².